The van der Waals surface area contributed by atoms with Crippen LogP contribution in [0.25, 0.3) is 10.9 Å². The van der Waals surface area contributed by atoms with E-state index in [0.717, 1.165) is 16.6 Å². The van der Waals surface area contributed by atoms with Gasteiger partial charge < -0.3 is 5.32 Å². The molecule has 0 aliphatic carbocycles. The number of para-hydroxylation sites is 2. The molecule has 0 bridgehead atoms. The summed E-state index contributed by atoms with van der Waals surface area (Å²) >= 11 is 0. The van der Waals surface area contributed by atoms with Crippen LogP contribution >= 0.6 is 0 Å². The first-order valence-electron chi connectivity index (χ1n) is 6.29. The van der Waals surface area contributed by atoms with E-state index in [1.165, 1.54) is 0 Å². The van der Waals surface area contributed by atoms with Crippen molar-refractivity contribution in [2.45, 2.75) is 0 Å². The van der Waals surface area contributed by atoms with Crippen molar-refractivity contribution in [2.24, 2.45) is 7.05 Å². The second-order valence-corrected chi connectivity index (χ2v) is 4.43. The third kappa shape index (κ3) is 2.33. The van der Waals surface area contributed by atoms with Crippen molar-refractivity contribution < 1.29 is 4.79 Å². The number of nitrogens with one attached hydrogen (secondary N) is 2. The molecule has 2 N–H and O–H groups in total. The average Bonchev–Trinajstić information content (AvgIpc) is 2.77. The van der Waals surface area contributed by atoms with Crippen LogP contribution in [0.15, 0.2) is 54.6 Å². The van der Waals surface area contributed by atoms with Gasteiger partial charge in [0.15, 0.2) is 5.82 Å². The maximum atomic E-state index is 12.0. The van der Waals surface area contributed by atoms with Crippen molar-refractivity contribution in [2.75, 3.05) is 10.6 Å². The van der Waals surface area contributed by atoms with E-state index in [0.29, 0.717) is 5.82 Å². The number of urea groups is 1. The number of hydrogen-bond donors (Lipinski definition) is 2. The Labute approximate surface area is 116 Å². The lowest BCUT2D eigenvalue weighted by Gasteiger charge is -2.05. The highest BCUT2D eigenvalue weighted by molar-refractivity contribution is 6.04. The molecule has 0 fully saturated rings. The van der Waals surface area contributed by atoms with Gasteiger partial charge in [-0.05, 0) is 24.3 Å². The number of fused-ring (bicyclic) bond motifs is 1. The third-order valence-corrected chi connectivity index (χ3v) is 3.02. The number of amides is 2. The quantitative estimate of drug-likeness (QED) is 0.748. The summed E-state index contributed by atoms with van der Waals surface area (Å²) in [5, 5.41) is 10.8. The molecular weight excluding hydrogens is 252 g/mol. The topological polar surface area (TPSA) is 59.0 Å². The van der Waals surface area contributed by atoms with Crippen LogP contribution in [-0.4, -0.2) is 15.8 Å². The van der Waals surface area contributed by atoms with Gasteiger partial charge in [-0.15, -0.1) is 0 Å². The SMILES string of the molecule is Cn1nc(NC(=O)Nc2ccccc2)c2ccccc21. The molecule has 5 heteroatoms. The molecule has 5 nitrogen and oxygen atoms in total. The number of carbonyl (C=O) groups is 1. The molecule has 2 aromatic carbocycles. The molecule has 0 aliphatic heterocycles. The normalized spacial score (nSPS) is 10.4. The average molecular weight is 266 g/mol. The fraction of sp³-hybridized carbons (Fsp3) is 0.0667. The highest BCUT2D eigenvalue weighted by Crippen LogP contribution is 2.21. The van der Waals surface area contributed by atoms with E-state index in [4.69, 9.17) is 0 Å². The fourth-order valence-corrected chi connectivity index (χ4v) is 2.10. The van der Waals surface area contributed by atoms with E-state index in [2.05, 4.69) is 15.7 Å². The number of rotatable bonds is 2. The summed E-state index contributed by atoms with van der Waals surface area (Å²) in [7, 11) is 1.85. The van der Waals surface area contributed by atoms with Crippen LogP contribution in [0.5, 0.6) is 0 Å². The molecule has 1 heterocycles. The first kappa shape index (κ1) is 12.2. The first-order chi connectivity index (χ1) is 9.74. The first-order valence-corrected chi connectivity index (χ1v) is 6.29. The van der Waals surface area contributed by atoms with E-state index in [1.54, 1.807) is 4.68 Å². The zero-order valence-corrected chi connectivity index (χ0v) is 11.0. The summed E-state index contributed by atoms with van der Waals surface area (Å²) in [5.41, 5.74) is 1.72. The Morgan fingerprint density at radius 2 is 1.70 bits per heavy atom. The van der Waals surface area contributed by atoms with Crippen molar-refractivity contribution in [1.82, 2.24) is 9.78 Å². The van der Waals surface area contributed by atoms with Gasteiger partial charge in [-0.1, -0.05) is 30.3 Å². The number of benzene rings is 2. The van der Waals surface area contributed by atoms with Gasteiger partial charge in [0.2, 0.25) is 0 Å². The molecule has 1 aromatic heterocycles. The van der Waals surface area contributed by atoms with E-state index >= 15 is 0 Å². The predicted octanol–water partition coefficient (Wildman–Crippen LogP) is 3.22. The largest absolute Gasteiger partial charge is 0.324 e. The zero-order chi connectivity index (χ0) is 13.9. The van der Waals surface area contributed by atoms with Gasteiger partial charge in [0.05, 0.1) is 5.52 Å². The Hall–Kier alpha value is -2.82. The number of aryl methyl sites for hydroxylation is 1. The van der Waals surface area contributed by atoms with Crippen LogP contribution in [0.3, 0.4) is 0 Å². The lowest BCUT2D eigenvalue weighted by Crippen LogP contribution is -2.19. The Kier molecular flexibility index (Phi) is 3.09. The molecular formula is C15H14N4O. The van der Waals surface area contributed by atoms with Gasteiger partial charge in [-0.3, -0.25) is 10.00 Å². The molecule has 100 valence electrons. The summed E-state index contributed by atoms with van der Waals surface area (Å²) in [4.78, 5) is 12.0. The van der Waals surface area contributed by atoms with Crippen LogP contribution in [0, 0.1) is 0 Å². The van der Waals surface area contributed by atoms with Crippen LogP contribution in [-0.2, 0) is 7.05 Å². The highest BCUT2D eigenvalue weighted by Gasteiger charge is 2.10. The summed E-state index contributed by atoms with van der Waals surface area (Å²) < 4.78 is 1.74. The smallest absolute Gasteiger partial charge is 0.308 e. The summed E-state index contributed by atoms with van der Waals surface area (Å²) in [6.07, 6.45) is 0. The second kappa shape index (κ2) is 5.05. The molecule has 0 radical (unpaired) electrons. The van der Waals surface area contributed by atoms with E-state index in [-0.39, 0.29) is 6.03 Å². The van der Waals surface area contributed by atoms with E-state index < -0.39 is 0 Å². The minimum atomic E-state index is -0.306. The molecule has 2 amide bonds. The van der Waals surface area contributed by atoms with E-state index in [1.807, 2.05) is 61.6 Å². The Morgan fingerprint density at radius 3 is 2.50 bits per heavy atom. The van der Waals surface area contributed by atoms with Crippen LogP contribution in [0.2, 0.25) is 0 Å². The van der Waals surface area contributed by atoms with Crippen molar-refractivity contribution in [1.29, 1.82) is 0 Å². The van der Waals surface area contributed by atoms with Crippen molar-refractivity contribution in [3.05, 3.63) is 54.6 Å². The van der Waals surface area contributed by atoms with Crippen LogP contribution in [0.1, 0.15) is 0 Å². The van der Waals surface area contributed by atoms with Crippen LogP contribution < -0.4 is 10.6 Å². The highest BCUT2D eigenvalue weighted by atomic mass is 16.2. The lowest BCUT2D eigenvalue weighted by atomic mass is 10.2. The summed E-state index contributed by atoms with van der Waals surface area (Å²) in [5.74, 6) is 0.552. The Bertz CT molecular complexity index is 749. The molecule has 0 saturated carbocycles. The van der Waals surface area contributed by atoms with Gasteiger partial charge in [0, 0.05) is 18.1 Å². The molecule has 0 spiro atoms. The lowest BCUT2D eigenvalue weighted by molar-refractivity contribution is 0.262. The monoisotopic (exact) mass is 266 g/mol. The molecule has 20 heavy (non-hydrogen) atoms. The van der Waals surface area contributed by atoms with Gasteiger partial charge >= 0.3 is 6.03 Å². The number of carbonyl (C=O) groups excluding carboxylic acids is 1. The van der Waals surface area contributed by atoms with Crippen LogP contribution in [0.4, 0.5) is 16.3 Å². The van der Waals surface area contributed by atoms with Crippen molar-refractivity contribution >= 4 is 28.4 Å². The molecule has 3 rings (SSSR count). The summed E-state index contributed by atoms with van der Waals surface area (Å²) in [6, 6.07) is 16.7. The number of nitrogens with zero attached hydrogens (tertiary/aromatic N) is 2. The van der Waals surface area contributed by atoms with Crippen molar-refractivity contribution in [3.63, 3.8) is 0 Å². The number of anilines is 2. The molecule has 0 aliphatic rings. The maximum absolute atomic E-state index is 12.0. The second-order valence-electron chi connectivity index (χ2n) is 4.43. The molecule has 0 saturated heterocycles. The third-order valence-electron chi connectivity index (χ3n) is 3.02. The van der Waals surface area contributed by atoms with Gasteiger partial charge in [0.1, 0.15) is 0 Å². The predicted molar refractivity (Wildman–Crippen MR) is 79.8 cm³/mol. The standard InChI is InChI=1S/C15H14N4O/c1-19-13-10-6-5-9-12(13)14(18-19)17-15(20)16-11-7-3-2-4-8-11/h2-10H,1H3,(H2,16,17,18,20). The van der Waals surface area contributed by atoms with E-state index in [9.17, 15) is 4.79 Å². The molecule has 0 unspecified atom stereocenters. The minimum Gasteiger partial charge on any atom is -0.308 e. The molecule has 3 aromatic rings. The number of hydrogen-bond acceptors (Lipinski definition) is 2. The minimum absolute atomic E-state index is 0.306. The zero-order valence-electron chi connectivity index (χ0n) is 11.0. The van der Waals surface area contributed by atoms with Gasteiger partial charge in [-0.25, -0.2) is 4.79 Å². The Morgan fingerprint density at radius 1 is 1.00 bits per heavy atom. The number of aromatic nitrogens is 2. The Balaban J connectivity index is 1.81. The van der Waals surface area contributed by atoms with Gasteiger partial charge in [-0.2, -0.15) is 5.10 Å². The fourth-order valence-electron chi connectivity index (χ4n) is 2.10. The van der Waals surface area contributed by atoms with Gasteiger partial charge in [0.25, 0.3) is 0 Å². The van der Waals surface area contributed by atoms with Crippen molar-refractivity contribution in [3.8, 4) is 0 Å². The molecule has 0 atom stereocenters. The maximum Gasteiger partial charge on any atom is 0.324 e. The summed E-state index contributed by atoms with van der Waals surface area (Å²) in [6.45, 7) is 0.